The van der Waals surface area contributed by atoms with E-state index in [1.807, 2.05) is 39.8 Å². The fourth-order valence-electron chi connectivity index (χ4n) is 2.04. The molecular formula is C13H18O3. The van der Waals surface area contributed by atoms with Crippen molar-refractivity contribution < 1.29 is 15.0 Å². The number of rotatable bonds is 3. The first kappa shape index (κ1) is 12.6. The van der Waals surface area contributed by atoms with Crippen molar-refractivity contribution >= 4 is 5.97 Å². The van der Waals surface area contributed by atoms with Crippen LogP contribution >= 0.6 is 0 Å². The molecule has 0 spiro atoms. The van der Waals surface area contributed by atoms with Gasteiger partial charge < -0.3 is 10.2 Å². The highest BCUT2D eigenvalue weighted by Gasteiger charge is 2.26. The number of carbonyl (C=O) groups is 1. The van der Waals surface area contributed by atoms with Gasteiger partial charge in [0.15, 0.2) is 0 Å². The monoisotopic (exact) mass is 222 g/mol. The molecule has 1 aromatic carbocycles. The molecule has 0 fully saturated rings. The highest BCUT2D eigenvalue weighted by atomic mass is 16.4. The number of phenols is 1. The SMILES string of the molecule is Cc1ccc(C(C)(C)CC(=O)O)c(C)c1O. The minimum absolute atomic E-state index is 0.0519. The number of hydrogen-bond donors (Lipinski definition) is 2. The molecule has 16 heavy (non-hydrogen) atoms. The van der Waals surface area contributed by atoms with E-state index in [1.165, 1.54) is 0 Å². The zero-order chi connectivity index (χ0) is 12.5. The molecular weight excluding hydrogens is 204 g/mol. The van der Waals surface area contributed by atoms with Crippen LogP contribution in [0.1, 0.15) is 37.0 Å². The van der Waals surface area contributed by atoms with E-state index in [-0.39, 0.29) is 12.2 Å². The number of hydrogen-bond acceptors (Lipinski definition) is 2. The highest BCUT2D eigenvalue weighted by Crippen LogP contribution is 2.34. The molecule has 88 valence electrons. The van der Waals surface area contributed by atoms with Crippen LogP contribution in [0.2, 0.25) is 0 Å². The Kier molecular flexibility index (Phi) is 3.27. The Bertz CT molecular complexity index is 419. The van der Waals surface area contributed by atoms with Crippen LogP contribution in [0.5, 0.6) is 5.75 Å². The Morgan fingerprint density at radius 2 is 1.88 bits per heavy atom. The van der Waals surface area contributed by atoms with Gasteiger partial charge in [-0.15, -0.1) is 0 Å². The highest BCUT2D eigenvalue weighted by molar-refractivity contribution is 5.69. The molecule has 1 rings (SSSR count). The molecule has 0 amide bonds. The fourth-order valence-corrected chi connectivity index (χ4v) is 2.04. The molecule has 0 unspecified atom stereocenters. The van der Waals surface area contributed by atoms with E-state index in [4.69, 9.17) is 5.11 Å². The Hall–Kier alpha value is -1.51. The predicted octanol–water partition coefficient (Wildman–Crippen LogP) is 2.76. The normalized spacial score (nSPS) is 11.5. The number of carboxylic acid groups (broad SMARTS) is 1. The maximum Gasteiger partial charge on any atom is 0.304 e. The van der Waals surface area contributed by atoms with Gasteiger partial charge in [-0.3, -0.25) is 4.79 Å². The summed E-state index contributed by atoms with van der Waals surface area (Å²) in [6.07, 6.45) is 0.0519. The van der Waals surface area contributed by atoms with Crippen LogP contribution in [0.3, 0.4) is 0 Å². The summed E-state index contributed by atoms with van der Waals surface area (Å²) in [5.74, 6) is -0.569. The zero-order valence-corrected chi connectivity index (χ0v) is 10.2. The fraction of sp³-hybridized carbons (Fsp3) is 0.462. The minimum atomic E-state index is -0.829. The summed E-state index contributed by atoms with van der Waals surface area (Å²) in [5, 5.41) is 18.7. The van der Waals surface area contributed by atoms with Crippen molar-refractivity contribution in [1.82, 2.24) is 0 Å². The molecule has 0 atom stereocenters. The van der Waals surface area contributed by atoms with Gasteiger partial charge in [-0.2, -0.15) is 0 Å². The Morgan fingerprint density at radius 3 is 2.38 bits per heavy atom. The second-order valence-corrected chi connectivity index (χ2v) is 4.86. The predicted molar refractivity (Wildman–Crippen MR) is 62.9 cm³/mol. The average molecular weight is 222 g/mol. The lowest BCUT2D eigenvalue weighted by atomic mass is 9.78. The minimum Gasteiger partial charge on any atom is -0.507 e. The lowest BCUT2D eigenvalue weighted by Crippen LogP contribution is -2.22. The zero-order valence-electron chi connectivity index (χ0n) is 10.2. The third-order valence-electron chi connectivity index (χ3n) is 2.96. The molecule has 0 saturated heterocycles. The maximum absolute atomic E-state index is 10.8. The van der Waals surface area contributed by atoms with E-state index in [9.17, 15) is 9.90 Å². The van der Waals surface area contributed by atoms with Crippen molar-refractivity contribution in [3.05, 3.63) is 28.8 Å². The van der Waals surface area contributed by atoms with Gasteiger partial charge in [0.25, 0.3) is 0 Å². The maximum atomic E-state index is 10.8. The smallest absolute Gasteiger partial charge is 0.304 e. The summed E-state index contributed by atoms with van der Waals surface area (Å²) in [5.41, 5.74) is 2.00. The molecule has 3 nitrogen and oxygen atoms in total. The first-order chi connectivity index (χ1) is 7.25. The van der Waals surface area contributed by atoms with Gasteiger partial charge in [0.1, 0.15) is 5.75 Å². The summed E-state index contributed by atoms with van der Waals surface area (Å²) in [7, 11) is 0. The molecule has 0 heterocycles. The van der Waals surface area contributed by atoms with Gasteiger partial charge in [0.05, 0.1) is 6.42 Å². The van der Waals surface area contributed by atoms with Crippen LogP contribution < -0.4 is 0 Å². The molecule has 0 saturated carbocycles. The number of aryl methyl sites for hydroxylation is 1. The van der Waals surface area contributed by atoms with E-state index in [0.29, 0.717) is 0 Å². The van der Waals surface area contributed by atoms with Crippen LogP contribution in [-0.4, -0.2) is 16.2 Å². The molecule has 0 aliphatic carbocycles. The first-order valence-electron chi connectivity index (χ1n) is 5.27. The average Bonchev–Trinajstić information content (AvgIpc) is 2.11. The molecule has 1 aromatic rings. The van der Waals surface area contributed by atoms with E-state index in [2.05, 4.69) is 0 Å². The van der Waals surface area contributed by atoms with Crippen molar-refractivity contribution in [2.24, 2.45) is 0 Å². The quantitative estimate of drug-likeness (QED) is 0.826. The van der Waals surface area contributed by atoms with Gasteiger partial charge in [-0.1, -0.05) is 26.0 Å². The summed E-state index contributed by atoms with van der Waals surface area (Å²) in [6, 6.07) is 3.72. The number of phenolic OH excluding ortho intramolecular Hbond substituents is 1. The largest absolute Gasteiger partial charge is 0.507 e. The number of carboxylic acids is 1. The van der Waals surface area contributed by atoms with Crippen LogP contribution in [0.4, 0.5) is 0 Å². The van der Waals surface area contributed by atoms with Crippen molar-refractivity contribution in [2.75, 3.05) is 0 Å². The van der Waals surface area contributed by atoms with Crippen molar-refractivity contribution in [3.63, 3.8) is 0 Å². The van der Waals surface area contributed by atoms with Crippen LogP contribution in [-0.2, 0) is 10.2 Å². The second kappa shape index (κ2) is 4.16. The molecule has 0 bridgehead atoms. The summed E-state index contributed by atoms with van der Waals surface area (Å²) in [4.78, 5) is 10.8. The van der Waals surface area contributed by atoms with Crippen LogP contribution in [0.25, 0.3) is 0 Å². The number of aromatic hydroxyl groups is 1. The van der Waals surface area contributed by atoms with Gasteiger partial charge in [0, 0.05) is 5.41 Å². The molecule has 0 radical (unpaired) electrons. The molecule has 2 N–H and O–H groups in total. The molecule has 0 aliphatic rings. The third-order valence-corrected chi connectivity index (χ3v) is 2.96. The molecule has 0 aliphatic heterocycles. The standard InChI is InChI=1S/C13H18O3/c1-8-5-6-10(9(2)12(8)16)13(3,4)7-11(14)15/h5-6,16H,7H2,1-4H3,(H,14,15). The van der Waals surface area contributed by atoms with Crippen LogP contribution in [0.15, 0.2) is 12.1 Å². The second-order valence-electron chi connectivity index (χ2n) is 4.86. The topological polar surface area (TPSA) is 57.5 Å². The molecule has 3 heteroatoms. The number of aliphatic carboxylic acids is 1. The van der Waals surface area contributed by atoms with Crippen molar-refractivity contribution in [2.45, 2.75) is 39.5 Å². The van der Waals surface area contributed by atoms with Crippen molar-refractivity contribution in [1.29, 1.82) is 0 Å². The Labute approximate surface area is 95.7 Å². The lowest BCUT2D eigenvalue weighted by Gasteiger charge is -2.26. The Balaban J connectivity index is 3.23. The Morgan fingerprint density at radius 1 is 1.31 bits per heavy atom. The van der Waals surface area contributed by atoms with Crippen molar-refractivity contribution in [3.8, 4) is 5.75 Å². The first-order valence-corrected chi connectivity index (χ1v) is 5.27. The summed E-state index contributed by atoms with van der Waals surface area (Å²) >= 11 is 0. The van der Waals surface area contributed by atoms with E-state index < -0.39 is 11.4 Å². The third kappa shape index (κ3) is 2.35. The van der Waals surface area contributed by atoms with Gasteiger partial charge in [0.2, 0.25) is 0 Å². The van der Waals surface area contributed by atoms with Gasteiger partial charge in [-0.05, 0) is 30.5 Å². The van der Waals surface area contributed by atoms with E-state index in [0.717, 1.165) is 16.7 Å². The van der Waals surface area contributed by atoms with E-state index in [1.54, 1.807) is 0 Å². The lowest BCUT2D eigenvalue weighted by molar-refractivity contribution is -0.138. The number of benzene rings is 1. The van der Waals surface area contributed by atoms with E-state index >= 15 is 0 Å². The summed E-state index contributed by atoms with van der Waals surface area (Å²) in [6.45, 7) is 7.40. The van der Waals surface area contributed by atoms with Crippen LogP contribution in [0, 0.1) is 13.8 Å². The summed E-state index contributed by atoms with van der Waals surface area (Å²) < 4.78 is 0. The molecule has 0 aromatic heterocycles. The van der Waals surface area contributed by atoms with Gasteiger partial charge in [-0.25, -0.2) is 0 Å². The van der Waals surface area contributed by atoms with Gasteiger partial charge >= 0.3 is 5.97 Å².